The van der Waals surface area contributed by atoms with Crippen molar-refractivity contribution in [2.24, 2.45) is 0 Å². The van der Waals surface area contributed by atoms with Crippen LogP contribution in [-0.2, 0) is 9.59 Å². The summed E-state index contributed by atoms with van der Waals surface area (Å²) < 4.78 is 10.5. The quantitative estimate of drug-likeness (QED) is 0.651. The Balaban J connectivity index is 2.00. The molecule has 1 atom stereocenters. The van der Waals surface area contributed by atoms with Crippen molar-refractivity contribution in [3.63, 3.8) is 0 Å². The van der Waals surface area contributed by atoms with Crippen LogP contribution in [0.3, 0.4) is 0 Å². The number of methoxy groups -OCH3 is 2. The minimum absolute atomic E-state index is 0.209. The first-order chi connectivity index (χ1) is 13.5. The number of benzene rings is 2. The van der Waals surface area contributed by atoms with Gasteiger partial charge in [0.25, 0.3) is 0 Å². The molecule has 0 aliphatic rings. The lowest BCUT2D eigenvalue weighted by Crippen LogP contribution is -2.29. The van der Waals surface area contributed by atoms with Gasteiger partial charge in [-0.3, -0.25) is 9.59 Å². The second kappa shape index (κ2) is 10.8. The largest absolute Gasteiger partial charge is 0.493 e. The minimum Gasteiger partial charge on any atom is -0.493 e. The normalized spacial score (nSPS) is 11.8. The number of ether oxygens (including phenoxy) is 2. The molecule has 28 heavy (non-hydrogen) atoms. The van der Waals surface area contributed by atoms with Crippen LogP contribution in [0.25, 0.3) is 6.08 Å². The molecule has 2 aromatic rings. The van der Waals surface area contributed by atoms with Crippen molar-refractivity contribution in [2.45, 2.75) is 25.3 Å². The fourth-order valence-corrected chi connectivity index (χ4v) is 2.76. The average molecular weight is 383 g/mol. The number of carbonyl (C=O) groups is 2. The minimum atomic E-state index is -0.996. The van der Waals surface area contributed by atoms with Crippen LogP contribution in [0, 0.1) is 0 Å². The van der Waals surface area contributed by atoms with Crippen LogP contribution in [-0.4, -0.2) is 31.2 Å². The summed E-state index contributed by atoms with van der Waals surface area (Å²) in [5.74, 6) is -0.184. The first-order valence-corrected chi connectivity index (χ1v) is 8.98. The molecule has 6 heteroatoms. The zero-order valence-corrected chi connectivity index (χ0v) is 16.1. The molecule has 0 aromatic heterocycles. The summed E-state index contributed by atoms with van der Waals surface area (Å²) in [5, 5.41) is 12.0. The van der Waals surface area contributed by atoms with Crippen LogP contribution in [0.4, 0.5) is 0 Å². The van der Waals surface area contributed by atoms with Gasteiger partial charge in [0.05, 0.1) is 26.7 Å². The zero-order valence-electron chi connectivity index (χ0n) is 16.1. The fraction of sp³-hybridized carbons (Fsp3) is 0.273. The van der Waals surface area contributed by atoms with Crippen molar-refractivity contribution in [1.82, 2.24) is 5.32 Å². The van der Waals surface area contributed by atoms with Gasteiger partial charge in [0.1, 0.15) is 0 Å². The standard InChI is InChI=1S/C22H25NO5/c1-27-19-13-12-17(14-20(19)28-2)18(15-22(25)26)23-21(24)11-7-6-10-16-8-4-3-5-9-16/h3-6,8-10,12-14,18H,7,11,15H2,1-2H3,(H,23,24)(H,25,26)/b10-6+. The van der Waals surface area contributed by atoms with Gasteiger partial charge >= 0.3 is 5.97 Å². The number of aliphatic carboxylic acids is 1. The van der Waals surface area contributed by atoms with Gasteiger partial charge in [-0.2, -0.15) is 0 Å². The lowest BCUT2D eigenvalue weighted by atomic mass is 10.0. The SMILES string of the molecule is COc1ccc(C(CC(=O)O)NC(=O)CC/C=C/c2ccccc2)cc1OC. The molecule has 0 saturated carbocycles. The van der Waals surface area contributed by atoms with E-state index < -0.39 is 12.0 Å². The Hall–Kier alpha value is -3.28. The van der Waals surface area contributed by atoms with Gasteiger partial charge in [-0.05, 0) is 29.7 Å². The van der Waals surface area contributed by atoms with E-state index in [2.05, 4.69) is 5.32 Å². The molecule has 2 rings (SSSR count). The van der Waals surface area contributed by atoms with E-state index in [1.165, 1.54) is 14.2 Å². The van der Waals surface area contributed by atoms with Crippen molar-refractivity contribution in [3.05, 3.63) is 65.7 Å². The van der Waals surface area contributed by atoms with Crippen molar-refractivity contribution in [1.29, 1.82) is 0 Å². The molecular weight excluding hydrogens is 358 g/mol. The van der Waals surface area contributed by atoms with Gasteiger partial charge in [-0.15, -0.1) is 0 Å². The molecule has 1 unspecified atom stereocenters. The number of rotatable bonds is 10. The maximum Gasteiger partial charge on any atom is 0.305 e. The third-order valence-electron chi connectivity index (χ3n) is 4.17. The Morgan fingerprint density at radius 1 is 1.07 bits per heavy atom. The number of hydrogen-bond donors (Lipinski definition) is 2. The summed E-state index contributed by atoms with van der Waals surface area (Å²) >= 11 is 0. The first-order valence-electron chi connectivity index (χ1n) is 8.98. The van der Waals surface area contributed by atoms with E-state index in [0.717, 1.165) is 5.56 Å². The Morgan fingerprint density at radius 3 is 2.43 bits per heavy atom. The average Bonchev–Trinajstić information content (AvgIpc) is 2.70. The summed E-state index contributed by atoms with van der Waals surface area (Å²) in [6.45, 7) is 0. The van der Waals surface area contributed by atoms with Crippen LogP contribution in [0.1, 0.15) is 36.4 Å². The van der Waals surface area contributed by atoms with E-state index in [-0.39, 0.29) is 18.7 Å². The van der Waals surface area contributed by atoms with E-state index in [1.54, 1.807) is 18.2 Å². The summed E-state index contributed by atoms with van der Waals surface area (Å²) in [5.41, 5.74) is 1.71. The molecule has 0 fully saturated rings. The molecule has 0 spiro atoms. The molecule has 0 aliphatic heterocycles. The van der Waals surface area contributed by atoms with Gasteiger partial charge in [0, 0.05) is 6.42 Å². The lowest BCUT2D eigenvalue weighted by molar-refractivity contribution is -0.137. The second-order valence-corrected chi connectivity index (χ2v) is 6.18. The third-order valence-corrected chi connectivity index (χ3v) is 4.17. The topological polar surface area (TPSA) is 84.9 Å². The summed E-state index contributed by atoms with van der Waals surface area (Å²) in [4.78, 5) is 23.5. The van der Waals surface area contributed by atoms with E-state index in [4.69, 9.17) is 9.47 Å². The predicted octanol–water partition coefficient (Wildman–Crippen LogP) is 3.83. The third kappa shape index (κ3) is 6.46. The van der Waals surface area contributed by atoms with Crippen molar-refractivity contribution >= 4 is 18.0 Å². The molecule has 0 heterocycles. The second-order valence-electron chi connectivity index (χ2n) is 6.18. The van der Waals surface area contributed by atoms with Crippen LogP contribution in [0.2, 0.25) is 0 Å². The van der Waals surface area contributed by atoms with E-state index in [9.17, 15) is 14.7 Å². The zero-order chi connectivity index (χ0) is 20.4. The van der Waals surface area contributed by atoms with Gasteiger partial charge in [-0.25, -0.2) is 0 Å². The summed E-state index contributed by atoms with van der Waals surface area (Å²) in [6, 6.07) is 14.3. The monoisotopic (exact) mass is 383 g/mol. The van der Waals surface area contributed by atoms with Crippen molar-refractivity contribution in [3.8, 4) is 11.5 Å². The number of allylic oxidation sites excluding steroid dienone is 1. The highest BCUT2D eigenvalue weighted by Crippen LogP contribution is 2.31. The van der Waals surface area contributed by atoms with E-state index in [0.29, 0.717) is 23.5 Å². The van der Waals surface area contributed by atoms with Gasteiger partial charge in [0.2, 0.25) is 5.91 Å². The smallest absolute Gasteiger partial charge is 0.305 e. The van der Waals surface area contributed by atoms with Crippen molar-refractivity contribution in [2.75, 3.05) is 14.2 Å². The number of nitrogens with one attached hydrogen (secondary N) is 1. The van der Waals surface area contributed by atoms with E-state index >= 15 is 0 Å². The number of hydrogen-bond acceptors (Lipinski definition) is 4. The summed E-state index contributed by atoms with van der Waals surface area (Å²) in [6.07, 6.45) is 4.49. The van der Waals surface area contributed by atoms with Crippen LogP contribution >= 0.6 is 0 Å². The Labute approximate surface area is 164 Å². The molecule has 1 amide bonds. The molecule has 2 aromatic carbocycles. The molecule has 0 aliphatic carbocycles. The highest BCUT2D eigenvalue weighted by atomic mass is 16.5. The molecular formula is C22H25NO5. The Bertz CT molecular complexity index is 817. The molecule has 0 saturated heterocycles. The predicted molar refractivity (Wildman–Crippen MR) is 107 cm³/mol. The maximum atomic E-state index is 12.3. The maximum absolute atomic E-state index is 12.3. The number of carboxylic acid groups (broad SMARTS) is 1. The van der Waals surface area contributed by atoms with Crippen molar-refractivity contribution < 1.29 is 24.2 Å². The van der Waals surface area contributed by atoms with Gasteiger partial charge < -0.3 is 19.9 Å². The highest BCUT2D eigenvalue weighted by Gasteiger charge is 2.19. The van der Waals surface area contributed by atoms with Crippen LogP contribution in [0.5, 0.6) is 11.5 Å². The first kappa shape index (κ1) is 21.0. The Morgan fingerprint density at radius 2 is 1.79 bits per heavy atom. The molecule has 148 valence electrons. The molecule has 0 bridgehead atoms. The fourth-order valence-electron chi connectivity index (χ4n) is 2.76. The molecule has 0 radical (unpaired) electrons. The van der Waals surface area contributed by atoms with Gasteiger partial charge in [-0.1, -0.05) is 48.6 Å². The number of carboxylic acids is 1. The number of carbonyl (C=O) groups excluding carboxylic acids is 1. The Kier molecular flexibility index (Phi) is 8.09. The number of amides is 1. The van der Waals surface area contributed by atoms with Crippen LogP contribution < -0.4 is 14.8 Å². The summed E-state index contributed by atoms with van der Waals surface area (Å²) in [7, 11) is 3.03. The van der Waals surface area contributed by atoms with Crippen LogP contribution in [0.15, 0.2) is 54.6 Å². The highest BCUT2D eigenvalue weighted by molar-refractivity contribution is 5.78. The molecule has 6 nitrogen and oxygen atoms in total. The van der Waals surface area contributed by atoms with Gasteiger partial charge in [0.15, 0.2) is 11.5 Å². The lowest BCUT2D eigenvalue weighted by Gasteiger charge is -2.19. The van der Waals surface area contributed by atoms with E-state index in [1.807, 2.05) is 42.5 Å². The molecule has 2 N–H and O–H groups in total.